The molecule has 8 heteroatoms. The van der Waals surface area contributed by atoms with Crippen molar-refractivity contribution in [2.75, 3.05) is 10.5 Å². The molecule has 6 nitrogen and oxygen atoms in total. The predicted octanol–water partition coefficient (Wildman–Crippen LogP) is 1.32. The highest BCUT2D eigenvalue weighted by Gasteiger charge is 2.18. The third-order valence-corrected chi connectivity index (χ3v) is 3.83. The summed E-state index contributed by atoms with van der Waals surface area (Å²) in [6.45, 7) is 3.49. The molecule has 1 aromatic rings. The summed E-state index contributed by atoms with van der Waals surface area (Å²) in [4.78, 5) is 0. The third kappa shape index (κ3) is 4.09. The maximum absolute atomic E-state index is 13.6. The van der Waals surface area contributed by atoms with Crippen LogP contribution < -0.4 is 10.5 Å². The number of nitrogens with one attached hydrogen (secondary N) is 1. The highest BCUT2D eigenvalue weighted by atomic mass is 32.2. The Hall–Kier alpha value is -1.83. The van der Waals surface area contributed by atoms with Gasteiger partial charge in [-0.3, -0.25) is 4.72 Å². The number of sulfonamides is 1. The lowest BCUT2D eigenvalue weighted by Gasteiger charge is -2.13. The van der Waals surface area contributed by atoms with Crippen LogP contribution in [0.1, 0.15) is 19.4 Å². The number of benzene rings is 1. The molecule has 106 valence electrons. The van der Waals surface area contributed by atoms with Gasteiger partial charge < -0.3 is 10.9 Å². The molecule has 0 fully saturated rings. The van der Waals surface area contributed by atoms with Gasteiger partial charge in [0.15, 0.2) is 5.84 Å². The molecular formula is C11H16FN3O3S. The average molecular weight is 289 g/mol. The molecule has 0 saturated heterocycles. The highest BCUT2D eigenvalue weighted by Crippen LogP contribution is 2.20. The minimum atomic E-state index is -3.62. The first-order valence-corrected chi connectivity index (χ1v) is 7.19. The van der Waals surface area contributed by atoms with Crippen LogP contribution in [0.5, 0.6) is 0 Å². The molecular weight excluding hydrogens is 273 g/mol. The van der Waals surface area contributed by atoms with E-state index in [4.69, 9.17) is 10.9 Å². The van der Waals surface area contributed by atoms with E-state index in [0.29, 0.717) is 0 Å². The molecule has 0 bridgehead atoms. The summed E-state index contributed by atoms with van der Waals surface area (Å²) in [6.07, 6.45) is 0. The van der Waals surface area contributed by atoms with Gasteiger partial charge >= 0.3 is 0 Å². The minimum Gasteiger partial charge on any atom is -0.409 e. The summed E-state index contributed by atoms with van der Waals surface area (Å²) in [5, 5.41) is 11.3. The monoisotopic (exact) mass is 289 g/mol. The van der Waals surface area contributed by atoms with E-state index in [1.54, 1.807) is 13.8 Å². The molecule has 4 N–H and O–H groups in total. The van der Waals surface area contributed by atoms with E-state index < -0.39 is 21.7 Å². The summed E-state index contributed by atoms with van der Waals surface area (Å²) in [5.41, 5.74) is 5.00. The number of oxime groups is 1. The van der Waals surface area contributed by atoms with Crippen molar-refractivity contribution in [2.24, 2.45) is 16.8 Å². The van der Waals surface area contributed by atoms with E-state index >= 15 is 0 Å². The molecule has 0 atom stereocenters. The zero-order valence-electron chi connectivity index (χ0n) is 10.6. The first-order chi connectivity index (χ1) is 8.76. The van der Waals surface area contributed by atoms with Crippen molar-refractivity contribution < 1.29 is 18.0 Å². The zero-order chi connectivity index (χ0) is 14.6. The number of rotatable bonds is 5. The average Bonchev–Trinajstić information content (AvgIpc) is 2.25. The maximum Gasteiger partial charge on any atom is 0.232 e. The third-order valence-electron chi connectivity index (χ3n) is 2.20. The second kappa shape index (κ2) is 5.87. The lowest BCUT2D eigenvalue weighted by atomic mass is 10.1. The smallest absolute Gasteiger partial charge is 0.232 e. The van der Waals surface area contributed by atoms with Crippen molar-refractivity contribution in [1.82, 2.24) is 0 Å². The Balaban J connectivity index is 3.19. The maximum atomic E-state index is 13.6. The van der Waals surface area contributed by atoms with Crippen LogP contribution >= 0.6 is 0 Å². The summed E-state index contributed by atoms with van der Waals surface area (Å²) >= 11 is 0. The molecule has 0 aromatic heterocycles. The molecule has 1 aromatic carbocycles. The summed E-state index contributed by atoms with van der Waals surface area (Å²) in [5.74, 6) is -1.47. The molecule has 1 rings (SSSR count). The second-order valence-electron chi connectivity index (χ2n) is 4.42. The number of halogens is 1. The summed E-state index contributed by atoms with van der Waals surface area (Å²) in [7, 11) is -3.62. The molecule has 19 heavy (non-hydrogen) atoms. The molecule has 0 amide bonds. The Morgan fingerprint density at radius 3 is 2.68 bits per heavy atom. The number of hydrogen-bond acceptors (Lipinski definition) is 4. The van der Waals surface area contributed by atoms with Crippen LogP contribution in [-0.2, 0) is 10.0 Å². The lowest BCUT2D eigenvalue weighted by molar-refractivity contribution is 0.318. The highest BCUT2D eigenvalue weighted by molar-refractivity contribution is 7.92. The minimum absolute atomic E-state index is 0.0593. The Kier molecular flexibility index (Phi) is 4.71. The van der Waals surface area contributed by atoms with Gasteiger partial charge in [0.05, 0.1) is 17.0 Å². The predicted molar refractivity (Wildman–Crippen MR) is 71.2 cm³/mol. The van der Waals surface area contributed by atoms with Gasteiger partial charge in [-0.25, -0.2) is 12.8 Å². The van der Waals surface area contributed by atoms with Gasteiger partial charge in [0.25, 0.3) is 0 Å². The molecule has 0 unspecified atom stereocenters. The van der Waals surface area contributed by atoms with Gasteiger partial charge in [-0.1, -0.05) is 25.1 Å². The van der Waals surface area contributed by atoms with Gasteiger partial charge in [0.1, 0.15) is 5.82 Å². The molecule has 0 aliphatic heterocycles. The number of nitrogens with zero attached hydrogens (tertiary/aromatic N) is 1. The summed E-state index contributed by atoms with van der Waals surface area (Å²) < 4.78 is 39.5. The number of anilines is 1. The molecule has 0 saturated carbocycles. The van der Waals surface area contributed by atoms with Crippen LogP contribution in [0.2, 0.25) is 0 Å². The Morgan fingerprint density at radius 1 is 1.53 bits per heavy atom. The van der Waals surface area contributed by atoms with E-state index in [2.05, 4.69) is 9.88 Å². The van der Waals surface area contributed by atoms with Gasteiger partial charge in [-0.2, -0.15) is 0 Å². The lowest BCUT2D eigenvalue weighted by Crippen LogP contribution is -2.24. The van der Waals surface area contributed by atoms with Crippen molar-refractivity contribution in [3.63, 3.8) is 0 Å². The van der Waals surface area contributed by atoms with Crippen molar-refractivity contribution in [3.8, 4) is 0 Å². The van der Waals surface area contributed by atoms with Crippen LogP contribution in [0.4, 0.5) is 10.1 Å². The summed E-state index contributed by atoms with van der Waals surface area (Å²) in [6, 6.07) is 3.76. The number of nitrogens with two attached hydrogens (primary N) is 1. The Labute approximate surface area is 111 Å². The van der Waals surface area contributed by atoms with Gasteiger partial charge in [-0.15, -0.1) is 0 Å². The first kappa shape index (κ1) is 15.2. The number of hydrogen-bond donors (Lipinski definition) is 3. The topological polar surface area (TPSA) is 105 Å². The Morgan fingerprint density at radius 2 is 2.16 bits per heavy atom. The zero-order valence-corrected chi connectivity index (χ0v) is 11.4. The standard InChI is InChI=1S/C11H16FN3O3S/c1-7(2)6-19(17,18)15-9-5-3-4-8(12)10(9)11(13)14-16/h3-5,7,15-16H,6H2,1-2H3,(H2,13,14). The van der Waals surface area contributed by atoms with Crippen molar-refractivity contribution >= 4 is 21.5 Å². The van der Waals surface area contributed by atoms with Crippen molar-refractivity contribution in [1.29, 1.82) is 0 Å². The fourth-order valence-electron chi connectivity index (χ4n) is 1.57. The van der Waals surface area contributed by atoms with Crippen LogP contribution in [0.25, 0.3) is 0 Å². The van der Waals surface area contributed by atoms with Crippen LogP contribution in [0.15, 0.2) is 23.4 Å². The van der Waals surface area contributed by atoms with Gasteiger partial charge in [0.2, 0.25) is 10.0 Å². The normalized spacial score (nSPS) is 12.7. The van der Waals surface area contributed by atoms with E-state index in [0.717, 1.165) is 6.07 Å². The van der Waals surface area contributed by atoms with E-state index in [1.807, 2.05) is 0 Å². The SMILES string of the molecule is CC(C)CS(=O)(=O)Nc1cccc(F)c1C(N)=NO. The van der Waals surface area contributed by atoms with E-state index in [9.17, 15) is 12.8 Å². The molecule has 0 radical (unpaired) electrons. The fourth-order valence-corrected chi connectivity index (χ4v) is 3.03. The van der Waals surface area contributed by atoms with Gasteiger partial charge in [-0.05, 0) is 18.1 Å². The first-order valence-electron chi connectivity index (χ1n) is 5.53. The van der Waals surface area contributed by atoms with Crippen LogP contribution in [0, 0.1) is 11.7 Å². The molecule has 0 spiro atoms. The molecule has 0 heterocycles. The number of amidine groups is 1. The molecule has 0 aliphatic rings. The Bertz CT molecular complexity index is 585. The van der Waals surface area contributed by atoms with E-state index in [1.165, 1.54) is 12.1 Å². The van der Waals surface area contributed by atoms with Crippen LogP contribution in [0.3, 0.4) is 0 Å². The van der Waals surface area contributed by atoms with Crippen LogP contribution in [-0.4, -0.2) is 25.2 Å². The van der Waals surface area contributed by atoms with Crippen molar-refractivity contribution in [2.45, 2.75) is 13.8 Å². The fraction of sp³-hybridized carbons (Fsp3) is 0.364. The molecule has 0 aliphatic carbocycles. The largest absolute Gasteiger partial charge is 0.409 e. The van der Waals surface area contributed by atoms with Crippen molar-refractivity contribution in [3.05, 3.63) is 29.6 Å². The van der Waals surface area contributed by atoms with Gasteiger partial charge in [0, 0.05) is 0 Å². The quantitative estimate of drug-likeness (QED) is 0.329. The van der Waals surface area contributed by atoms with E-state index in [-0.39, 0.29) is 22.9 Å². The second-order valence-corrected chi connectivity index (χ2v) is 6.19.